The van der Waals surface area contributed by atoms with Crippen molar-refractivity contribution >= 4 is 22.7 Å². The van der Waals surface area contributed by atoms with Crippen LogP contribution in [0.15, 0.2) is 90.2 Å². The molecule has 0 fully saturated rings. The van der Waals surface area contributed by atoms with E-state index in [0.29, 0.717) is 17.1 Å². The quantitative estimate of drug-likeness (QED) is 0.377. The van der Waals surface area contributed by atoms with Crippen LogP contribution in [0.3, 0.4) is 0 Å². The molecule has 31 heavy (non-hydrogen) atoms. The van der Waals surface area contributed by atoms with Gasteiger partial charge in [-0.3, -0.25) is 9.55 Å². The number of thioether (sulfide) groups is 1. The molecular weight excluding hydrogens is 408 g/mol. The number of nitrogens with zero attached hydrogens (tertiary/aromatic N) is 4. The summed E-state index contributed by atoms with van der Waals surface area (Å²) in [5.41, 5.74) is 3.46. The number of fused-ring (bicyclic) bond motifs is 1. The first-order chi connectivity index (χ1) is 15.2. The van der Waals surface area contributed by atoms with Gasteiger partial charge in [0.1, 0.15) is 17.0 Å². The Labute approximate surface area is 182 Å². The number of phenols is 2. The van der Waals surface area contributed by atoms with Crippen molar-refractivity contribution in [3.8, 4) is 28.6 Å². The Kier molecular flexibility index (Phi) is 5.01. The highest BCUT2D eigenvalue weighted by Crippen LogP contribution is 2.33. The summed E-state index contributed by atoms with van der Waals surface area (Å²) in [5, 5.41) is 30.3. The van der Waals surface area contributed by atoms with Crippen molar-refractivity contribution in [1.29, 1.82) is 0 Å². The molecule has 0 unspecified atom stereocenters. The Balaban J connectivity index is 1.54. The molecule has 2 aromatic heterocycles. The molecule has 2 N–H and O–H groups in total. The Bertz CT molecular complexity index is 1350. The van der Waals surface area contributed by atoms with Crippen LogP contribution in [0.5, 0.6) is 11.5 Å². The molecule has 0 aliphatic carbocycles. The molecule has 3 aromatic carbocycles. The van der Waals surface area contributed by atoms with Gasteiger partial charge in [0.2, 0.25) is 0 Å². The largest absolute Gasteiger partial charge is 0.508 e. The molecule has 5 aromatic rings. The zero-order valence-electron chi connectivity index (χ0n) is 16.4. The number of para-hydroxylation sites is 1. The maximum atomic E-state index is 10.1. The van der Waals surface area contributed by atoms with Crippen LogP contribution in [0, 0.1) is 0 Å². The Morgan fingerprint density at radius 3 is 2.42 bits per heavy atom. The lowest BCUT2D eigenvalue weighted by Crippen LogP contribution is -1.99. The molecule has 6 nitrogen and oxygen atoms in total. The zero-order chi connectivity index (χ0) is 21.2. The molecule has 2 heterocycles. The normalized spacial score (nSPS) is 11.1. The smallest absolute Gasteiger partial charge is 0.196 e. The average Bonchev–Trinajstić information content (AvgIpc) is 3.24. The van der Waals surface area contributed by atoms with E-state index in [9.17, 15) is 10.2 Å². The predicted molar refractivity (Wildman–Crippen MR) is 121 cm³/mol. The number of aromatic hydroxyl groups is 2. The van der Waals surface area contributed by atoms with E-state index in [4.69, 9.17) is 0 Å². The summed E-state index contributed by atoms with van der Waals surface area (Å²) in [6.07, 6.45) is 1.68. The monoisotopic (exact) mass is 426 g/mol. The average molecular weight is 427 g/mol. The highest BCUT2D eigenvalue weighted by molar-refractivity contribution is 7.98. The van der Waals surface area contributed by atoms with Crippen LogP contribution < -0.4 is 0 Å². The van der Waals surface area contributed by atoms with Crippen molar-refractivity contribution in [2.75, 3.05) is 0 Å². The molecule has 0 saturated carbocycles. The third-order valence-corrected chi connectivity index (χ3v) is 5.95. The summed E-state index contributed by atoms with van der Waals surface area (Å²) in [6, 6.07) is 24.3. The van der Waals surface area contributed by atoms with Crippen molar-refractivity contribution in [3.63, 3.8) is 0 Å². The van der Waals surface area contributed by atoms with Crippen molar-refractivity contribution in [2.45, 2.75) is 10.9 Å². The first-order valence-electron chi connectivity index (χ1n) is 9.69. The molecular formula is C24H18N4O2S. The molecule has 0 saturated heterocycles. The Morgan fingerprint density at radius 1 is 0.806 bits per heavy atom. The molecule has 7 heteroatoms. The Hall–Kier alpha value is -3.84. The Morgan fingerprint density at radius 2 is 1.61 bits per heavy atom. The molecule has 0 aliphatic rings. The van der Waals surface area contributed by atoms with E-state index < -0.39 is 0 Å². The third-order valence-electron chi connectivity index (χ3n) is 4.97. The number of hydrogen-bond acceptors (Lipinski definition) is 6. The summed E-state index contributed by atoms with van der Waals surface area (Å²) in [6.45, 7) is 0. The maximum absolute atomic E-state index is 10.1. The SMILES string of the molecule is Oc1ccc(-c2nnc(SCc3ccc(O)c4ncccc34)n2-c2ccccc2)cc1. The maximum Gasteiger partial charge on any atom is 0.196 e. The van der Waals surface area contributed by atoms with Crippen molar-refractivity contribution in [3.05, 3.63) is 90.6 Å². The number of aromatic nitrogens is 4. The van der Waals surface area contributed by atoms with Crippen LogP contribution in [0.1, 0.15) is 5.56 Å². The summed E-state index contributed by atoms with van der Waals surface area (Å²) >= 11 is 1.56. The number of pyridine rings is 1. The highest BCUT2D eigenvalue weighted by Gasteiger charge is 2.17. The van der Waals surface area contributed by atoms with Gasteiger partial charge in [-0.05, 0) is 54.1 Å². The fourth-order valence-electron chi connectivity index (χ4n) is 3.46. The fourth-order valence-corrected chi connectivity index (χ4v) is 4.41. The first kappa shape index (κ1) is 19.1. The van der Waals surface area contributed by atoms with E-state index in [0.717, 1.165) is 27.4 Å². The van der Waals surface area contributed by atoms with E-state index in [-0.39, 0.29) is 11.5 Å². The minimum absolute atomic E-state index is 0.173. The van der Waals surface area contributed by atoms with Crippen molar-refractivity contribution in [2.24, 2.45) is 0 Å². The van der Waals surface area contributed by atoms with Gasteiger partial charge in [0.05, 0.1) is 0 Å². The zero-order valence-corrected chi connectivity index (χ0v) is 17.2. The standard InChI is InChI=1S/C24H18N4O2S/c29-19-11-8-16(9-12-19)23-26-27-24(28(23)18-5-2-1-3-6-18)31-15-17-10-13-21(30)22-20(17)7-4-14-25-22/h1-14,29-30H,15H2. The van der Waals surface area contributed by atoms with Crippen LogP contribution in [0.4, 0.5) is 0 Å². The molecule has 5 rings (SSSR count). The van der Waals surface area contributed by atoms with Gasteiger partial charge in [0.15, 0.2) is 11.0 Å². The van der Waals surface area contributed by atoms with Crippen molar-refractivity contribution in [1.82, 2.24) is 19.7 Å². The van der Waals surface area contributed by atoms with Gasteiger partial charge in [-0.2, -0.15) is 0 Å². The van der Waals surface area contributed by atoms with Crippen LogP contribution in [-0.2, 0) is 5.75 Å². The van der Waals surface area contributed by atoms with Gasteiger partial charge >= 0.3 is 0 Å². The van der Waals surface area contributed by atoms with Crippen LogP contribution in [0.2, 0.25) is 0 Å². The fraction of sp³-hybridized carbons (Fsp3) is 0.0417. The summed E-state index contributed by atoms with van der Waals surface area (Å²) < 4.78 is 2.01. The number of benzene rings is 3. The lowest BCUT2D eigenvalue weighted by molar-refractivity contribution is 0.475. The van der Waals surface area contributed by atoms with E-state index in [2.05, 4.69) is 15.2 Å². The molecule has 0 aliphatic heterocycles. The minimum Gasteiger partial charge on any atom is -0.508 e. The van der Waals surface area contributed by atoms with Gasteiger partial charge in [0, 0.05) is 28.6 Å². The number of phenolic OH excluding ortho intramolecular Hbond substituents is 2. The topological polar surface area (TPSA) is 84.1 Å². The predicted octanol–water partition coefficient (Wildman–Crippen LogP) is 5.19. The van der Waals surface area contributed by atoms with Crippen LogP contribution in [0.25, 0.3) is 28.0 Å². The molecule has 0 bridgehead atoms. The molecule has 0 amide bonds. The third kappa shape index (κ3) is 3.71. The van der Waals surface area contributed by atoms with Gasteiger partial charge in [0.25, 0.3) is 0 Å². The van der Waals surface area contributed by atoms with E-state index >= 15 is 0 Å². The summed E-state index contributed by atoms with van der Waals surface area (Å²) in [5.74, 6) is 1.72. The van der Waals surface area contributed by atoms with Crippen molar-refractivity contribution < 1.29 is 10.2 Å². The van der Waals surface area contributed by atoms with Crippen LogP contribution in [-0.4, -0.2) is 30.0 Å². The van der Waals surface area contributed by atoms with Gasteiger partial charge in [-0.15, -0.1) is 10.2 Å². The van der Waals surface area contributed by atoms with Crippen LogP contribution >= 0.6 is 11.8 Å². The lowest BCUT2D eigenvalue weighted by atomic mass is 10.1. The van der Waals surface area contributed by atoms with E-state index in [1.54, 1.807) is 36.2 Å². The number of rotatable bonds is 5. The second-order valence-corrected chi connectivity index (χ2v) is 7.90. The second-order valence-electron chi connectivity index (χ2n) is 6.96. The molecule has 0 atom stereocenters. The first-order valence-corrected chi connectivity index (χ1v) is 10.7. The highest BCUT2D eigenvalue weighted by atomic mass is 32.2. The van der Waals surface area contributed by atoms with Gasteiger partial charge < -0.3 is 10.2 Å². The van der Waals surface area contributed by atoms with Gasteiger partial charge in [-0.25, -0.2) is 0 Å². The molecule has 0 spiro atoms. The lowest BCUT2D eigenvalue weighted by Gasteiger charge is -2.11. The number of hydrogen-bond donors (Lipinski definition) is 2. The minimum atomic E-state index is 0.173. The summed E-state index contributed by atoms with van der Waals surface area (Å²) in [4.78, 5) is 4.30. The van der Waals surface area contributed by atoms with Gasteiger partial charge in [-0.1, -0.05) is 42.1 Å². The summed E-state index contributed by atoms with van der Waals surface area (Å²) in [7, 11) is 0. The van der Waals surface area contributed by atoms with E-state index in [1.165, 1.54) is 0 Å². The van der Waals surface area contributed by atoms with E-state index in [1.807, 2.05) is 65.2 Å². The molecule has 0 radical (unpaired) electrons. The molecule has 152 valence electrons. The second kappa shape index (κ2) is 8.12.